The lowest BCUT2D eigenvalue weighted by atomic mass is 9.91. The fraction of sp³-hybridized carbons (Fsp3) is 0.423. The number of rotatable bonds is 7. The van der Waals surface area contributed by atoms with Crippen molar-refractivity contribution < 1.29 is 32.2 Å². The number of alkyl halides is 2. The van der Waals surface area contributed by atoms with Crippen LogP contribution in [0.5, 0.6) is 5.75 Å². The number of anilines is 2. The predicted molar refractivity (Wildman–Crippen MR) is 136 cm³/mol. The number of hydrogen-bond donors (Lipinski definition) is 2. The molecular formula is C26H32F4N4O3. The lowest BCUT2D eigenvalue weighted by Crippen LogP contribution is -2.41. The molecule has 3 aromatic rings. The Kier molecular flexibility index (Phi) is 9.08. The molecule has 11 heteroatoms. The first kappa shape index (κ1) is 29.8. The molecule has 0 saturated carbocycles. The van der Waals surface area contributed by atoms with Gasteiger partial charge in [0.15, 0.2) is 0 Å². The molecule has 0 saturated heterocycles. The quantitative estimate of drug-likeness (QED) is 0.204. The monoisotopic (exact) mass is 524 g/mol. The maximum Gasteiger partial charge on any atom is 0.404 e. The number of benzene rings is 2. The topological polar surface area (TPSA) is 87.6 Å². The van der Waals surface area contributed by atoms with Crippen molar-refractivity contribution in [1.82, 2.24) is 9.97 Å². The maximum atomic E-state index is 15.2. The van der Waals surface area contributed by atoms with Crippen LogP contribution in [0.3, 0.4) is 0 Å². The van der Waals surface area contributed by atoms with E-state index in [0.717, 1.165) is 24.8 Å². The van der Waals surface area contributed by atoms with Gasteiger partial charge in [-0.05, 0) is 39.8 Å². The van der Waals surface area contributed by atoms with E-state index in [-0.39, 0.29) is 22.8 Å². The predicted octanol–water partition coefficient (Wildman–Crippen LogP) is 6.67. The highest BCUT2D eigenvalue weighted by Gasteiger charge is 2.49. The van der Waals surface area contributed by atoms with Gasteiger partial charge in [-0.3, -0.25) is 4.90 Å². The Bertz CT molecular complexity index is 1280. The van der Waals surface area contributed by atoms with Crippen molar-refractivity contribution in [3.05, 3.63) is 53.1 Å². The Balaban J connectivity index is 0.00000235. The second-order valence-corrected chi connectivity index (χ2v) is 8.68. The van der Waals surface area contributed by atoms with E-state index in [4.69, 9.17) is 4.74 Å². The molecule has 1 aromatic heterocycles. The fourth-order valence-corrected chi connectivity index (χ4v) is 3.63. The summed E-state index contributed by atoms with van der Waals surface area (Å²) >= 11 is 0. The molecule has 0 spiro atoms. The third-order valence-corrected chi connectivity index (χ3v) is 5.69. The number of amides is 1. The highest BCUT2D eigenvalue weighted by Crippen LogP contribution is 2.42. The highest BCUT2D eigenvalue weighted by atomic mass is 19.3. The molecule has 1 amide bonds. The van der Waals surface area contributed by atoms with Crippen LogP contribution < -0.4 is 15.0 Å². The molecular weight excluding hydrogens is 492 g/mol. The van der Waals surface area contributed by atoms with Crippen molar-refractivity contribution in [3.63, 3.8) is 0 Å². The third-order valence-electron chi connectivity index (χ3n) is 5.69. The summed E-state index contributed by atoms with van der Waals surface area (Å²) in [5.41, 5.74) is -3.00. The number of carbonyl (C=O) groups is 1. The lowest BCUT2D eigenvalue weighted by Gasteiger charge is -2.30. The van der Waals surface area contributed by atoms with Crippen LogP contribution in [0.2, 0.25) is 0 Å². The SMILES string of the molecule is CC.COc1cc2nc(C)nc(N[C@H](C)c3cccc(C(F)(F)C(C)(C)O)c3F)c2cc1N(C)C(=O)F. The number of methoxy groups -OCH3 is 1. The van der Waals surface area contributed by atoms with Gasteiger partial charge in [0.2, 0.25) is 0 Å². The van der Waals surface area contributed by atoms with E-state index in [1.807, 2.05) is 13.8 Å². The van der Waals surface area contributed by atoms with Gasteiger partial charge >= 0.3 is 12.1 Å². The molecule has 0 aliphatic heterocycles. The minimum Gasteiger partial charge on any atom is -0.494 e. The van der Waals surface area contributed by atoms with E-state index in [0.29, 0.717) is 16.7 Å². The number of aromatic nitrogens is 2. The van der Waals surface area contributed by atoms with Crippen LogP contribution in [0, 0.1) is 12.7 Å². The number of aryl methyl sites for hydroxylation is 1. The molecule has 1 heterocycles. The zero-order chi connectivity index (χ0) is 28.3. The van der Waals surface area contributed by atoms with E-state index in [9.17, 15) is 23.1 Å². The summed E-state index contributed by atoms with van der Waals surface area (Å²) in [4.78, 5) is 20.7. The maximum absolute atomic E-state index is 15.2. The van der Waals surface area contributed by atoms with Crippen molar-refractivity contribution in [1.29, 1.82) is 0 Å². The van der Waals surface area contributed by atoms with Crippen LogP contribution in [0.15, 0.2) is 30.3 Å². The molecule has 2 aromatic carbocycles. The van der Waals surface area contributed by atoms with Gasteiger partial charge in [0.1, 0.15) is 28.8 Å². The number of halogens is 4. The van der Waals surface area contributed by atoms with Gasteiger partial charge in [0, 0.05) is 24.1 Å². The molecule has 37 heavy (non-hydrogen) atoms. The third kappa shape index (κ3) is 5.93. The first-order chi connectivity index (χ1) is 17.2. The van der Waals surface area contributed by atoms with Crippen LogP contribution >= 0.6 is 0 Å². The lowest BCUT2D eigenvalue weighted by molar-refractivity contribution is -0.170. The van der Waals surface area contributed by atoms with Crippen molar-refractivity contribution in [2.45, 2.75) is 59.1 Å². The standard InChI is InChI=1S/C24H26F4N4O3.C2H6/c1-12(14-8-7-9-16(20(14)25)24(27,28)23(3,4)34)29-21-15-10-18(32(5)22(26)33)19(35-6)11-17(15)30-13(2)31-21;1-2/h7-12,34H,1-6H3,(H,29,30,31);1-2H3/t12-;/m1./s1. The van der Waals surface area contributed by atoms with Gasteiger partial charge in [-0.1, -0.05) is 26.0 Å². The van der Waals surface area contributed by atoms with Crippen molar-refractivity contribution >= 4 is 28.6 Å². The van der Waals surface area contributed by atoms with Crippen molar-refractivity contribution in [2.75, 3.05) is 24.4 Å². The van der Waals surface area contributed by atoms with Crippen molar-refractivity contribution in [3.8, 4) is 5.75 Å². The van der Waals surface area contributed by atoms with E-state index < -0.39 is 35.1 Å². The Hall–Kier alpha value is -3.47. The van der Waals surface area contributed by atoms with Crippen molar-refractivity contribution in [2.24, 2.45) is 0 Å². The largest absolute Gasteiger partial charge is 0.494 e. The minimum absolute atomic E-state index is 0.0828. The van der Waals surface area contributed by atoms with Gasteiger partial charge in [-0.15, -0.1) is 4.39 Å². The zero-order valence-electron chi connectivity index (χ0n) is 22.1. The summed E-state index contributed by atoms with van der Waals surface area (Å²) in [6.07, 6.45) is -1.72. The Morgan fingerprint density at radius 1 is 1.19 bits per heavy atom. The van der Waals surface area contributed by atoms with Gasteiger partial charge in [-0.2, -0.15) is 8.78 Å². The fourth-order valence-electron chi connectivity index (χ4n) is 3.63. The van der Waals surface area contributed by atoms with E-state index in [2.05, 4.69) is 15.3 Å². The van der Waals surface area contributed by atoms with E-state index >= 15 is 4.39 Å². The van der Waals surface area contributed by atoms with Crippen LogP contribution in [-0.4, -0.2) is 41.0 Å². The molecule has 0 radical (unpaired) electrons. The molecule has 2 N–H and O–H groups in total. The Labute approximate surface area is 213 Å². The molecule has 0 aliphatic carbocycles. The first-order valence-corrected chi connectivity index (χ1v) is 11.6. The van der Waals surface area contributed by atoms with E-state index in [1.165, 1.54) is 38.4 Å². The average molecular weight is 525 g/mol. The number of hydrogen-bond acceptors (Lipinski definition) is 6. The number of ether oxygens (including phenoxy) is 1. The Morgan fingerprint density at radius 2 is 1.81 bits per heavy atom. The molecule has 0 unspecified atom stereocenters. The smallest absolute Gasteiger partial charge is 0.404 e. The first-order valence-electron chi connectivity index (χ1n) is 11.6. The van der Waals surface area contributed by atoms with Gasteiger partial charge in [-0.25, -0.2) is 19.2 Å². The van der Waals surface area contributed by atoms with E-state index in [1.54, 1.807) is 13.8 Å². The van der Waals surface area contributed by atoms with Crippen LogP contribution in [0.25, 0.3) is 10.9 Å². The molecule has 0 fully saturated rings. The molecule has 3 rings (SSSR count). The van der Waals surface area contributed by atoms with Gasteiger partial charge in [0.25, 0.3) is 0 Å². The van der Waals surface area contributed by atoms with Gasteiger partial charge < -0.3 is 15.2 Å². The molecule has 202 valence electrons. The van der Waals surface area contributed by atoms with Gasteiger partial charge in [0.05, 0.1) is 29.9 Å². The Morgan fingerprint density at radius 3 is 2.35 bits per heavy atom. The van der Waals surface area contributed by atoms with Crippen LogP contribution in [0.1, 0.15) is 57.6 Å². The summed E-state index contributed by atoms with van der Waals surface area (Å²) < 4.78 is 63.3. The average Bonchev–Trinajstić information content (AvgIpc) is 2.83. The number of carbonyl (C=O) groups excluding carboxylic acids is 1. The normalized spacial score (nSPS) is 12.5. The summed E-state index contributed by atoms with van der Waals surface area (Å²) in [5.74, 6) is -4.27. The molecule has 7 nitrogen and oxygen atoms in total. The summed E-state index contributed by atoms with van der Waals surface area (Å²) in [6, 6.07) is 5.64. The second kappa shape index (κ2) is 11.3. The number of fused-ring (bicyclic) bond motifs is 1. The molecule has 1 atom stereocenters. The summed E-state index contributed by atoms with van der Waals surface area (Å²) in [5, 5.41) is 13.2. The number of nitrogens with zero attached hydrogens (tertiary/aromatic N) is 3. The molecule has 0 aliphatic rings. The van der Waals surface area contributed by atoms with Crippen LogP contribution in [0.4, 0.5) is 33.9 Å². The zero-order valence-corrected chi connectivity index (χ0v) is 22.1. The number of aliphatic hydroxyl groups is 1. The number of nitrogens with one attached hydrogen (secondary N) is 1. The van der Waals surface area contributed by atoms with Crippen LogP contribution in [-0.2, 0) is 5.92 Å². The summed E-state index contributed by atoms with van der Waals surface area (Å²) in [6.45, 7) is 8.98. The molecule has 0 bridgehead atoms. The second-order valence-electron chi connectivity index (χ2n) is 8.68. The minimum atomic E-state index is -3.85. The summed E-state index contributed by atoms with van der Waals surface area (Å²) in [7, 11) is 2.58. The highest BCUT2D eigenvalue weighted by molar-refractivity contribution is 5.98.